The average Bonchev–Trinajstić information content (AvgIpc) is 3.37. The summed E-state index contributed by atoms with van der Waals surface area (Å²) < 4.78 is 39.2. The zero-order valence-corrected chi connectivity index (χ0v) is 21.5. The maximum Gasteiger partial charge on any atom is 0.225 e. The number of carbonyl (C=O) groups excluding carboxylic acids is 1. The third-order valence-electron chi connectivity index (χ3n) is 9.05. The van der Waals surface area contributed by atoms with Gasteiger partial charge < -0.3 is 14.4 Å². The lowest BCUT2D eigenvalue weighted by molar-refractivity contribution is -0.138. The van der Waals surface area contributed by atoms with Gasteiger partial charge in [0.2, 0.25) is 15.9 Å². The Morgan fingerprint density at radius 1 is 0.857 bits per heavy atom. The van der Waals surface area contributed by atoms with Crippen LogP contribution >= 0.6 is 0 Å². The fourth-order valence-electron chi connectivity index (χ4n) is 6.76. The molecular weight excluding hydrogens is 468 g/mol. The fourth-order valence-corrected chi connectivity index (χ4v) is 8.77. The van der Waals surface area contributed by atoms with Gasteiger partial charge in [-0.1, -0.05) is 0 Å². The summed E-state index contributed by atoms with van der Waals surface area (Å²) in [7, 11) is -3.34. The summed E-state index contributed by atoms with van der Waals surface area (Å²) in [5.74, 6) is 0.767. The molecule has 3 atom stereocenters. The Kier molecular flexibility index (Phi) is 7.99. The lowest BCUT2D eigenvalue weighted by Crippen LogP contribution is -2.53. The summed E-state index contributed by atoms with van der Waals surface area (Å²) >= 11 is 0. The number of piperazine rings is 1. The van der Waals surface area contributed by atoms with Crippen molar-refractivity contribution in [3.05, 3.63) is 0 Å². The van der Waals surface area contributed by atoms with Crippen LogP contribution in [0.1, 0.15) is 57.8 Å². The largest absolute Gasteiger partial charge is 0.349 e. The SMILES string of the molecule is N#CC1CCC(S(=O)(=O)N2CCC(C(=O)N3CCN(CC4CCC5OCOC5C4)CC3)CC2)CC1. The number of carbonyl (C=O) groups is 1. The number of hydrogen-bond acceptors (Lipinski definition) is 7. The Hall–Kier alpha value is -1.25. The van der Waals surface area contributed by atoms with Crippen molar-refractivity contribution < 1.29 is 22.7 Å². The number of ether oxygens (including phenoxy) is 2. The van der Waals surface area contributed by atoms with Crippen molar-refractivity contribution in [3.8, 4) is 6.07 Å². The average molecular weight is 509 g/mol. The predicted molar refractivity (Wildman–Crippen MR) is 130 cm³/mol. The van der Waals surface area contributed by atoms with E-state index in [2.05, 4.69) is 11.0 Å². The molecule has 9 nitrogen and oxygen atoms in total. The zero-order valence-electron chi connectivity index (χ0n) is 20.7. The second-order valence-electron chi connectivity index (χ2n) is 11.2. The Balaban J connectivity index is 1.04. The molecule has 196 valence electrons. The molecule has 2 saturated carbocycles. The molecule has 3 heterocycles. The molecule has 3 saturated heterocycles. The molecule has 35 heavy (non-hydrogen) atoms. The molecule has 5 aliphatic rings. The molecule has 0 aromatic heterocycles. The van der Waals surface area contributed by atoms with Gasteiger partial charge in [0.25, 0.3) is 0 Å². The molecule has 0 bridgehead atoms. The highest BCUT2D eigenvalue weighted by Crippen LogP contribution is 2.34. The first-order chi connectivity index (χ1) is 16.9. The molecule has 0 spiro atoms. The number of nitriles is 1. The second-order valence-corrected chi connectivity index (χ2v) is 13.4. The van der Waals surface area contributed by atoms with Gasteiger partial charge in [0, 0.05) is 57.6 Å². The third-order valence-corrected chi connectivity index (χ3v) is 11.4. The Morgan fingerprint density at radius 3 is 2.23 bits per heavy atom. The van der Waals surface area contributed by atoms with Crippen molar-refractivity contribution in [1.82, 2.24) is 14.1 Å². The maximum absolute atomic E-state index is 13.2. The normalized spacial score (nSPS) is 36.0. The molecule has 5 rings (SSSR count). The van der Waals surface area contributed by atoms with Crippen LogP contribution in [0.25, 0.3) is 0 Å². The van der Waals surface area contributed by atoms with Crippen LogP contribution in [0, 0.1) is 29.1 Å². The molecule has 5 fully saturated rings. The van der Waals surface area contributed by atoms with Gasteiger partial charge in [-0.2, -0.15) is 5.26 Å². The van der Waals surface area contributed by atoms with E-state index < -0.39 is 10.0 Å². The number of hydrogen-bond donors (Lipinski definition) is 0. The highest BCUT2D eigenvalue weighted by atomic mass is 32.2. The number of sulfonamides is 1. The topological polar surface area (TPSA) is 103 Å². The van der Waals surface area contributed by atoms with E-state index in [0.717, 1.165) is 45.6 Å². The Bertz CT molecular complexity index is 884. The highest BCUT2D eigenvalue weighted by molar-refractivity contribution is 7.89. The van der Waals surface area contributed by atoms with E-state index in [1.807, 2.05) is 4.90 Å². The van der Waals surface area contributed by atoms with Crippen LogP contribution in [0.4, 0.5) is 0 Å². The summed E-state index contributed by atoms with van der Waals surface area (Å²) in [6.07, 6.45) is 7.62. The first kappa shape index (κ1) is 25.4. The predicted octanol–water partition coefficient (Wildman–Crippen LogP) is 1.80. The molecule has 0 aromatic carbocycles. The van der Waals surface area contributed by atoms with Gasteiger partial charge in [-0.25, -0.2) is 12.7 Å². The highest BCUT2D eigenvalue weighted by Gasteiger charge is 2.40. The van der Waals surface area contributed by atoms with Crippen LogP contribution in [0.3, 0.4) is 0 Å². The van der Waals surface area contributed by atoms with Gasteiger partial charge in [0.1, 0.15) is 6.79 Å². The Morgan fingerprint density at radius 2 is 1.54 bits per heavy atom. The first-order valence-electron chi connectivity index (χ1n) is 13.6. The molecule has 1 amide bonds. The van der Waals surface area contributed by atoms with Crippen LogP contribution in [0.15, 0.2) is 0 Å². The van der Waals surface area contributed by atoms with E-state index in [1.54, 1.807) is 4.31 Å². The van der Waals surface area contributed by atoms with Crippen LogP contribution < -0.4 is 0 Å². The molecule has 3 unspecified atom stereocenters. The van der Waals surface area contributed by atoms with Crippen molar-refractivity contribution in [2.45, 2.75) is 75.2 Å². The number of amides is 1. The number of rotatable bonds is 5. The van der Waals surface area contributed by atoms with E-state index in [0.29, 0.717) is 70.4 Å². The third kappa shape index (κ3) is 5.69. The van der Waals surface area contributed by atoms with E-state index >= 15 is 0 Å². The molecule has 3 aliphatic heterocycles. The number of fused-ring (bicyclic) bond motifs is 1. The minimum Gasteiger partial charge on any atom is -0.349 e. The van der Waals surface area contributed by atoms with Gasteiger partial charge in [0.15, 0.2) is 0 Å². The van der Waals surface area contributed by atoms with Gasteiger partial charge in [-0.05, 0) is 63.7 Å². The van der Waals surface area contributed by atoms with E-state index in [4.69, 9.17) is 14.7 Å². The first-order valence-corrected chi connectivity index (χ1v) is 15.1. The van der Waals surface area contributed by atoms with Crippen molar-refractivity contribution in [2.75, 3.05) is 52.6 Å². The lowest BCUT2D eigenvalue weighted by atomic mass is 9.85. The van der Waals surface area contributed by atoms with Gasteiger partial charge in [-0.15, -0.1) is 0 Å². The monoisotopic (exact) mass is 508 g/mol. The van der Waals surface area contributed by atoms with E-state index in [-0.39, 0.29) is 29.1 Å². The standard InChI is InChI=1S/C25H40N4O5S/c26-16-19-1-4-22(5-2-19)35(31,32)29-9-7-21(8-10-29)25(30)28-13-11-27(12-14-28)17-20-3-6-23-24(15-20)34-18-33-23/h19-24H,1-15,17-18H2. The smallest absolute Gasteiger partial charge is 0.225 e. The van der Waals surface area contributed by atoms with Gasteiger partial charge in [-0.3, -0.25) is 9.69 Å². The van der Waals surface area contributed by atoms with Crippen molar-refractivity contribution in [1.29, 1.82) is 5.26 Å². The molecule has 10 heteroatoms. The van der Waals surface area contributed by atoms with Crippen molar-refractivity contribution in [3.63, 3.8) is 0 Å². The number of piperidine rings is 1. The molecule has 0 N–H and O–H groups in total. The fraction of sp³-hybridized carbons (Fsp3) is 0.920. The van der Waals surface area contributed by atoms with Crippen LogP contribution in [0.5, 0.6) is 0 Å². The van der Waals surface area contributed by atoms with Crippen LogP contribution in [0.2, 0.25) is 0 Å². The van der Waals surface area contributed by atoms with E-state index in [9.17, 15) is 13.2 Å². The van der Waals surface area contributed by atoms with Crippen LogP contribution in [-0.4, -0.2) is 98.5 Å². The van der Waals surface area contributed by atoms with Crippen molar-refractivity contribution >= 4 is 15.9 Å². The number of nitrogens with zero attached hydrogens (tertiary/aromatic N) is 4. The molecule has 0 radical (unpaired) electrons. The Labute approximate surface area is 209 Å². The van der Waals surface area contributed by atoms with Gasteiger partial charge in [0.05, 0.1) is 23.5 Å². The summed E-state index contributed by atoms with van der Waals surface area (Å²) in [6.45, 7) is 5.73. The van der Waals surface area contributed by atoms with Crippen LogP contribution in [-0.2, 0) is 24.3 Å². The molecular formula is C25H40N4O5S. The molecule has 0 aromatic rings. The molecule has 2 aliphatic carbocycles. The quantitative estimate of drug-likeness (QED) is 0.558. The summed E-state index contributed by atoms with van der Waals surface area (Å²) in [6, 6.07) is 2.27. The zero-order chi connectivity index (χ0) is 24.4. The summed E-state index contributed by atoms with van der Waals surface area (Å²) in [5.41, 5.74) is 0. The minimum atomic E-state index is -3.34. The van der Waals surface area contributed by atoms with Gasteiger partial charge >= 0.3 is 0 Å². The lowest BCUT2D eigenvalue weighted by Gasteiger charge is -2.40. The van der Waals surface area contributed by atoms with E-state index in [1.165, 1.54) is 6.42 Å². The summed E-state index contributed by atoms with van der Waals surface area (Å²) in [5, 5.41) is 8.71. The second kappa shape index (κ2) is 11.0. The minimum absolute atomic E-state index is 0.00351. The van der Waals surface area contributed by atoms with Crippen molar-refractivity contribution in [2.24, 2.45) is 17.8 Å². The maximum atomic E-state index is 13.2. The summed E-state index contributed by atoms with van der Waals surface area (Å²) in [4.78, 5) is 17.7.